The van der Waals surface area contributed by atoms with E-state index in [1.54, 1.807) is 17.0 Å². The third-order valence-corrected chi connectivity index (χ3v) is 5.97. The van der Waals surface area contributed by atoms with Crippen LogP contribution in [0.5, 0.6) is 5.75 Å². The molecule has 6 heteroatoms. The maximum absolute atomic E-state index is 15.0. The average Bonchev–Trinajstić information content (AvgIpc) is 3.05. The van der Waals surface area contributed by atoms with E-state index < -0.39 is 11.8 Å². The first-order valence-electron chi connectivity index (χ1n) is 10.0. The van der Waals surface area contributed by atoms with Crippen LogP contribution in [-0.4, -0.2) is 28.4 Å². The van der Waals surface area contributed by atoms with Crippen molar-refractivity contribution in [3.05, 3.63) is 65.0 Å². The molecule has 0 spiro atoms. The minimum Gasteiger partial charge on any atom is -0.486 e. The molecule has 1 fully saturated rings. The highest BCUT2D eigenvalue weighted by molar-refractivity contribution is 5.99. The zero-order valence-corrected chi connectivity index (χ0v) is 16.1. The summed E-state index contributed by atoms with van der Waals surface area (Å²) < 4.78 is 20.6. The molecule has 0 aromatic heterocycles. The molecule has 1 saturated carbocycles. The first-order valence-corrected chi connectivity index (χ1v) is 10.0. The number of benzene rings is 2. The summed E-state index contributed by atoms with van der Waals surface area (Å²) in [5.74, 6) is -1.56. The standard InChI is InChI=1S/C23H24FNO4/c24-21-19(29-14-16-4-2-1-3-5-16)11-10-18-13-25(22(26)20(18)21)12-15-6-8-17(9-7-15)23(27)28/h1-5,10-11,15,17H,6-9,12-14H2,(H,27,28)/t15-,17-. The second-order valence-electron chi connectivity index (χ2n) is 7.93. The van der Waals surface area contributed by atoms with Gasteiger partial charge in [0, 0.05) is 13.1 Å². The average molecular weight is 397 g/mol. The van der Waals surface area contributed by atoms with Gasteiger partial charge in [-0.05, 0) is 48.8 Å². The molecule has 0 unspecified atom stereocenters. The Balaban J connectivity index is 1.40. The predicted molar refractivity (Wildman–Crippen MR) is 105 cm³/mol. The molecule has 152 valence electrons. The summed E-state index contributed by atoms with van der Waals surface area (Å²) >= 11 is 0. The molecule has 1 aliphatic heterocycles. The van der Waals surface area contributed by atoms with Crippen molar-refractivity contribution in [2.75, 3.05) is 6.54 Å². The Hall–Kier alpha value is -2.89. The lowest BCUT2D eigenvalue weighted by Gasteiger charge is -2.29. The van der Waals surface area contributed by atoms with Crippen LogP contribution in [0.4, 0.5) is 4.39 Å². The molecule has 29 heavy (non-hydrogen) atoms. The van der Waals surface area contributed by atoms with Crippen LogP contribution in [0, 0.1) is 17.7 Å². The molecule has 1 amide bonds. The fourth-order valence-corrected chi connectivity index (χ4v) is 4.29. The smallest absolute Gasteiger partial charge is 0.306 e. The van der Waals surface area contributed by atoms with Gasteiger partial charge in [-0.1, -0.05) is 36.4 Å². The Bertz CT molecular complexity index is 907. The molecule has 0 atom stereocenters. The zero-order chi connectivity index (χ0) is 20.4. The summed E-state index contributed by atoms with van der Waals surface area (Å²) in [5, 5.41) is 9.12. The lowest BCUT2D eigenvalue weighted by atomic mass is 9.82. The SMILES string of the molecule is O=C1c2c(ccc(OCc3ccccc3)c2F)CN1C[C@H]1CC[C@H](C(=O)O)CC1. The van der Waals surface area contributed by atoms with E-state index in [9.17, 15) is 14.0 Å². The first kappa shape index (κ1) is 19.4. The number of carbonyl (C=O) groups excluding carboxylic acids is 1. The predicted octanol–water partition coefficient (Wildman–Crippen LogP) is 4.25. The van der Waals surface area contributed by atoms with Crippen LogP contribution in [0.1, 0.15) is 47.2 Å². The summed E-state index contributed by atoms with van der Waals surface area (Å²) in [6, 6.07) is 12.8. The van der Waals surface area contributed by atoms with E-state index in [2.05, 4.69) is 0 Å². The van der Waals surface area contributed by atoms with Crippen LogP contribution in [0.2, 0.25) is 0 Å². The molecule has 1 heterocycles. The quantitative estimate of drug-likeness (QED) is 0.791. The molecule has 0 saturated heterocycles. The molecule has 1 aliphatic carbocycles. The number of hydrogen-bond donors (Lipinski definition) is 1. The van der Waals surface area contributed by atoms with Gasteiger partial charge >= 0.3 is 5.97 Å². The van der Waals surface area contributed by atoms with Crippen molar-refractivity contribution >= 4 is 11.9 Å². The minimum atomic E-state index is -0.738. The summed E-state index contributed by atoms with van der Waals surface area (Å²) in [5.41, 5.74) is 1.71. The molecule has 2 aliphatic rings. The van der Waals surface area contributed by atoms with Gasteiger partial charge in [0.2, 0.25) is 0 Å². The number of ether oxygens (including phenoxy) is 1. The number of fused-ring (bicyclic) bond motifs is 1. The monoisotopic (exact) mass is 397 g/mol. The van der Waals surface area contributed by atoms with E-state index in [4.69, 9.17) is 9.84 Å². The highest BCUT2D eigenvalue weighted by atomic mass is 19.1. The first-order chi connectivity index (χ1) is 14.0. The summed E-state index contributed by atoms with van der Waals surface area (Å²) in [6.45, 7) is 1.17. The van der Waals surface area contributed by atoms with E-state index >= 15 is 0 Å². The Morgan fingerprint density at radius 3 is 2.52 bits per heavy atom. The number of hydrogen-bond acceptors (Lipinski definition) is 3. The molecule has 2 aromatic carbocycles. The molecule has 5 nitrogen and oxygen atoms in total. The number of carbonyl (C=O) groups is 2. The highest BCUT2D eigenvalue weighted by Crippen LogP contribution is 2.34. The van der Waals surface area contributed by atoms with E-state index in [1.165, 1.54) is 0 Å². The van der Waals surface area contributed by atoms with Crippen LogP contribution >= 0.6 is 0 Å². The summed E-state index contributed by atoms with van der Waals surface area (Å²) in [4.78, 5) is 25.6. The van der Waals surface area contributed by atoms with Gasteiger partial charge in [0.15, 0.2) is 11.6 Å². The van der Waals surface area contributed by atoms with Crippen LogP contribution in [-0.2, 0) is 17.9 Å². The van der Waals surface area contributed by atoms with Crippen molar-refractivity contribution in [1.29, 1.82) is 0 Å². The van der Waals surface area contributed by atoms with Crippen molar-refractivity contribution in [1.82, 2.24) is 4.90 Å². The zero-order valence-electron chi connectivity index (χ0n) is 16.1. The third-order valence-electron chi connectivity index (χ3n) is 5.97. The second-order valence-corrected chi connectivity index (χ2v) is 7.93. The number of carboxylic acids is 1. The fraction of sp³-hybridized carbons (Fsp3) is 0.391. The topological polar surface area (TPSA) is 66.8 Å². The maximum atomic E-state index is 15.0. The lowest BCUT2D eigenvalue weighted by molar-refractivity contribution is -0.143. The van der Waals surface area contributed by atoms with Crippen LogP contribution in [0.15, 0.2) is 42.5 Å². The minimum absolute atomic E-state index is 0.0877. The van der Waals surface area contributed by atoms with Gasteiger partial charge in [-0.2, -0.15) is 0 Å². The molecule has 1 N–H and O–H groups in total. The highest BCUT2D eigenvalue weighted by Gasteiger charge is 2.35. The van der Waals surface area contributed by atoms with E-state index in [-0.39, 0.29) is 35.7 Å². The number of nitrogens with zero attached hydrogens (tertiary/aromatic N) is 1. The van der Waals surface area contributed by atoms with Crippen LogP contribution in [0.3, 0.4) is 0 Å². The second kappa shape index (κ2) is 8.23. The summed E-state index contributed by atoms with van der Waals surface area (Å²) in [7, 11) is 0. The number of aliphatic carboxylic acids is 1. The fourth-order valence-electron chi connectivity index (χ4n) is 4.29. The van der Waals surface area contributed by atoms with Crippen molar-refractivity contribution in [3.63, 3.8) is 0 Å². The van der Waals surface area contributed by atoms with Crippen molar-refractivity contribution in [3.8, 4) is 5.75 Å². The van der Waals surface area contributed by atoms with Crippen molar-refractivity contribution < 1.29 is 23.8 Å². The van der Waals surface area contributed by atoms with Gasteiger partial charge in [-0.25, -0.2) is 4.39 Å². The Labute approximate surface area is 169 Å². The van der Waals surface area contributed by atoms with Gasteiger partial charge in [-0.15, -0.1) is 0 Å². The van der Waals surface area contributed by atoms with E-state index in [0.29, 0.717) is 31.5 Å². The lowest BCUT2D eigenvalue weighted by Crippen LogP contribution is -2.33. The number of rotatable bonds is 6. The van der Waals surface area contributed by atoms with E-state index in [1.807, 2.05) is 30.3 Å². The van der Waals surface area contributed by atoms with Gasteiger partial charge in [0.1, 0.15) is 6.61 Å². The Morgan fingerprint density at radius 2 is 1.83 bits per heavy atom. The molecule has 0 bridgehead atoms. The number of carboxylic acid groups (broad SMARTS) is 1. The molecule has 4 rings (SSSR count). The molecule has 0 radical (unpaired) electrons. The number of amides is 1. The van der Waals surface area contributed by atoms with Crippen LogP contribution in [0.25, 0.3) is 0 Å². The number of halogens is 1. The maximum Gasteiger partial charge on any atom is 0.306 e. The molecule has 2 aromatic rings. The molecular formula is C23H24FNO4. The third kappa shape index (κ3) is 4.11. The van der Waals surface area contributed by atoms with Crippen LogP contribution < -0.4 is 4.74 Å². The molecular weight excluding hydrogens is 373 g/mol. The Kier molecular flexibility index (Phi) is 5.51. The van der Waals surface area contributed by atoms with E-state index in [0.717, 1.165) is 18.4 Å². The van der Waals surface area contributed by atoms with Crippen molar-refractivity contribution in [2.24, 2.45) is 11.8 Å². The summed E-state index contributed by atoms with van der Waals surface area (Å²) in [6.07, 6.45) is 2.84. The van der Waals surface area contributed by atoms with Gasteiger partial charge in [-0.3, -0.25) is 9.59 Å². The van der Waals surface area contributed by atoms with Gasteiger partial charge in [0.25, 0.3) is 5.91 Å². The van der Waals surface area contributed by atoms with Crippen molar-refractivity contribution in [2.45, 2.75) is 38.8 Å². The van der Waals surface area contributed by atoms with Gasteiger partial charge < -0.3 is 14.7 Å². The normalized spacial score (nSPS) is 21.1. The largest absolute Gasteiger partial charge is 0.486 e. The van der Waals surface area contributed by atoms with Gasteiger partial charge in [0.05, 0.1) is 11.5 Å². The Morgan fingerprint density at radius 1 is 1.10 bits per heavy atom.